The number of rotatable bonds is 5. The third-order valence-electron chi connectivity index (χ3n) is 6.42. The molecule has 0 spiro atoms. The standard InChI is InChI=1S/C23H33NO4/c1-23(2)14-16-12-15(8-9-19(16)28-23)21-13-18(24-22(25)10-11-26-3)17-6-4-5-7-20(17)27-21/h8-9,12,17-18,20-21H,4-7,10-11,13-14H2,1-3H3,(H,24,25)/t17-,18+,20+,21+/m0/s1. The number of amides is 1. The van der Waals surface area contributed by atoms with Crippen molar-refractivity contribution in [3.05, 3.63) is 29.3 Å². The molecule has 1 aromatic carbocycles. The molecule has 1 N–H and O–H groups in total. The summed E-state index contributed by atoms with van der Waals surface area (Å²) in [7, 11) is 1.63. The van der Waals surface area contributed by atoms with E-state index in [-0.39, 0.29) is 29.8 Å². The van der Waals surface area contributed by atoms with Gasteiger partial charge in [0, 0.05) is 31.9 Å². The van der Waals surface area contributed by atoms with Crippen molar-refractivity contribution < 1.29 is 19.0 Å². The number of ether oxygens (including phenoxy) is 3. The third kappa shape index (κ3) is 4.20. The van der Waals surface area contributed by atoms with Gasteiger partial charge in [-0.1, -0.05) is 18.9 Å². The van der Waals surface area contributed by atoms with E-state index in [2.05, 4.69) is 37.4 Å². The third-order valence-corrected chi connectivity index (χ3v) is 6.42. The molecule has 1 aromatic rings. The molecule has 2 aliphatic heterocycles. The first-order chi connectivity index (χ1) is 13.4. The van der Waals surface area contributed by atoms with Crippen LogP contribution in [0.4, 0.5) is 0 Å². The van der Waals surface area contributed by atoms with Gasteiger partial charge >= 0.3 is 0 Å². The zero-order chi connectivity index (χ0) is 19.7. The van der Waals surface area contributed by atoms with Crippen molar-refractivity contribution in [2.24, 2.45) is 5.92 Å². The van der Waals surface area contributed by atoms with Gasteiger partial charge < -0.3 is 19.5 Å². The summed E-state index contributed by atoms with van der Waals surface area (Å²) in [6.45, 7) is 4.72. The molecule has 0 unspecified atom stereocenters. The molecule has 1 amide bonds. The van der Waals surface area contributed by atoms with Crippen LogP contribution in [-0.4, -0.2) is 37.4 Å². The van der Waals surface area contributed by atoms with Crippen LogP contribution in [0.1, 0.15) is 69.6 Å². The molecule has 0 aromatic heterocycles. The minimum atomic E-state index is -0.138. The average molecular weight is 388 g/mol. The molecule has 2 heterocycles. The summed E-state index contributed by atoms with van der Waals surface area (Å²) < 4.78 is 17.6. The van der Waals surface area contributed by atoms with Crippen LogP contribution >= 0.6 is 0 Å². The fourth-order valence-corrected chi connectivity index (χ4v) is 5.11. The van der Waals surface area contributed by atoms with E-state index in [4.69, 9.17) is 14.2 Å². The van der Waals surface area contributed by atoms with E-state index in [9.17, 15) is 4.79 Å². The van der Waals surface area contributed by atoms with E-state index in [0.717, 1.165) is 31.4 Å². The van der Waals surface area contributed by atoms with Crippen LogP contribution in [0.15, 0.2) is 18.2 Å². The second-order valence-corrected chi connectivity index (χ2v) is 9.17. The zero-order valence-electron chi connectivity index (χ0n) is 17.3. The zero-order valence-corrected chi connectivity index (χ0v) is 17.3. The van der Waals surface area contributed by atoms with Gasteiger partial charge in [-0.05, 0) is 56.4 Å². The largest absolute Gasteiger partial charge is 0.487 e. The van der Waals surface area contributed by atoms with Crippen molar-refractivity contribution in [2.45, 2.75) is 82.6 Å². The fourth-order valence-electron chi connectivity index (χ4n) is 5.11. The van der Waals surface area contributed by atoms with Crippen LogP contribution in [-0.2, 0) is 20.7 Å². The lowest BCUT2D eigenvalue weighted by Crippen LogP contribution is -2.51. The van der Waals surface area contributed by atoms with Gasteiger partial charge in [-0.25, -0.2) is 0 Å². The van der Waals surface area contributed by atoms with Gasteiger partial charge in [0.2, 0.25) is 5.91 Å². The molecule has 4 atom stereocenters. The molecule has 0 bridgehead atoms. The molecule has 5 heteroatoms. The summed E-state index contributed by atoms with van der Waals surface area (Å²) in [5.74, 6) is 1.50. The number of hydrogen-bond acceptors (Lipinski definition) is 4. The lowest BCUT2D eigenvalue weighted by Gasteiger charge is -2.45. The fraction of sp³-hybridized carbons (Fsp3) is 0.696. The van der Waals surface area contributed by atoms with Crippen molar-refractivity contribution in [3.63, 3.8) is 0 Å². The molecule has 0 radical (unpaired) electrons. The van der Waals surface area contributed by atoms with Gasteiger partial charge in [-0.15, -0.1) is 0 Å². The molecular weight excluding hydrogens is 354 g/mol. The van der Waals surface area contributed by atoms with Gasteiger partial charge in [0.15, 0.2) is 0 Å². The van der Waals surface area contributed by atoms with Gasteiger partial charge in [0.1, 0.15) is 11.4 Å². The molecule has 4 rings (SSSR count). The van der Waals surface area contributed by atoms with Crippen LogP contribution in [0.5, 0.6) is 5.75 Å². The summed E-state index contributed by atoms with van der Waals surface area (Å²) in [6, 6.07) is 6.65. The van der Waals surface area contributed by atoms with Gasteiger partial charge in [-0.3, -0.25) is 4.79 Å². The van der Waals surface area contributed by atoms with Crippen molar-refractivity contribution in [1.82, 2.24) is 5.32 Å². The maximum atomic E-state index is 12.4. The van der Waals surface area contributed by atoms with E-state index in [1.165, 1.54) is 24.0 Å². The number of carbonyl (C=O) groups excluding carboxylic acids is 1. The highest BCUT2D eigenvalue weighted by Crippen LogP contribution is 2.43. The summed E-state index contributed by atoms with van der Waals surface area (Å²) in [5.41, 5.74) is 2.33. The predicted octanol–water partition coefficient (Wildman–Crippen LogP) is 3.94. The monoisotopic (exact) mass is 387 g/mol. The van der Waals surface area contributed by atoms with E-state index >= 15 is 0 Å². The SMILES string of the molecule is COCCC(=O)N[C@@H]1C[C@H](c2ccc3c(c2)CC(C)(C)O3)O[C@@H]2CCCC[C@@H]12. The number of methoxy groups -OCH3 is 1. The molecule has 154 valence electrons. The van der Waals surface area contributed by atoms with Gasteiger partial charge in [0.05, 0.1) is 18.8 Å². The average Bonchev–Trinajstić information content (AvgIpc) is 2.99. The van der Waals surface area contributed by atoms with Crippen LogP contribution in [0.3, 0.4) is 0 Å². The van der Waals surface area contributed by atoms with Crippen molar-refractivity contribution in [1.29, 1.82) is 0 Å². The molecular formula is C23H33NO4. The molecule has 5 nitrogen and oxygen atoms in total. The molecule has 28 heavy (non-hydrogen) atoms. The van der Waals surface area contributed by atoms with Gasteiger partial charge in [-0.2, -0.15) is 0 Å². The van der Waals surface area contributed by atoms with Crippen molar-refractivity contribution >= 4 is 5.91 Å². The quantitative estimate of drug-likeness (QED) is 0.831. The Morgan fingerprint density at radius 2 is 2.11 bits per heavy atom. The molecule has 1 saturated heterocycles. The number of nitrogens with one attached hydrogen (secondary N) is 1. The normalized spacial score (nSPS) is 30.8. The first kappa shape index (κ1) is 19.7. The van der Waals surface area contributed by atoms with Crippen LogP contribution < -0.4 is 10.1 Å². The van der Waals surface area contributed by atoms with E-state index in [1.807, 2.05) is 0 Å². The number of hydrogen-bond donors (Lipinski definition) is 1. The molecule has 3 aliphatic rings. The topological polar surface area (TPSA) is 56.8 Å². The minimum Gasteiger partial charge on any atom is -0.487 e. The minimum absolute atomic E-state index is 0.0288. The Labute approximate surface area is 168 Å². The van der Waals surface area contributed by atoms with E-state index < -0.39 is 0 Å². The lowest BCUT2D eigenvalue weighted by molar-refractivity contribution is -0.133. The van der Waals surface area contributed by atoms with Crippen molar-refractivity contribution in [2.75, 3.05) is 13.7 Å². The van der Waals surface area contributed by atoms with Crippen LogP contribution in [0, 0.1) is 5.92 Å². The van der Waals surface area contributed by atoms with Crippen molar-refractivity contribution in [3.8, 4) is 5.75 Å². The molecule has 1 aliphatic carbocycles. The Morgan fingerprint density at radius 1 is 1.29 bits per heavy atom. The highest BCUT2D eigenvalue weighted by molar-refractivity contribution is 5.76. The van der Waals surface area contributed by atoms with Crippen LogP contribution in [0.25, 0.3) is 0 Å². The Hall–Kier alpha value is -1.59. The first-order valence-electron chi connectivity index (χ1n) is 10.7. The Kier molecular flexibility index (Phi) is 5.66. The second-order valence-electron chi connectivity index (χ2n) is 9.17. The second kappa shape index (κ2) is 8.03. The number of benzene rings is 1. The Morgan fingerprint density at radius 3 is 2.93 bits per heavy atom. The lowest BCUT2D eigenvalue weighted by atomic mass is 9.76. The van der Waals surface area contributed by atoms with E-state index in [0.29, 0.717) is 18.9 Å². The predicted molar refractivity (Wildman–Crippen MR) is 107 cm³/mol. The smallest absolute Gasteiger partial charge is 0.222 e. The van der Waals surface area contributed by atoms with Crippen LogP contribution in [0.2, 0.25) is 0 Å². The summed E-state index contributed by atoms with van der Waals surface area (Å²) >= 11 is 0. The highest BCUT2D eigenvalue weighted by Gasteiger charge is 2.41. The van der Waals surface area contributed by atoms with E-state index in [1.54, 1.807) is 7.11 Å². The molecule has 2 fully saturated rings. The number of carbonyl (C=O) groups is 1. The summed E-state index contributed by atoms with van der Waals surface area (Å²) in [4.78, 5) is 12.4. The Balaban J connectivity index is 1.51. The molecule has 1 saturated carbocycles. The first-order valence-corrected chi connectivity index (χ1v) is 10.7. The summed E-state index contributed by atoms with van der Waals surface area (Å²) in [5, 5.41) is 3.29. The highest BCUT2D eigenvalue weighted by atomic mass is 16.5. The maximum absolute atomic E-state index is 12.4. The number of fused-ring (bicyclic) bond motifs is 2. The summed E-state index contributed by atoms with van der Waals surface area (Å²) in [6.07, 6.45) is 7.11. The maximum Gasteiger partial charge on any atom is 0.222 e. The van der Waals surface area contributed by atoms with Gasteiger partial charge in [0.25, 0.3) is 0 Å². The Bertz CT molecular complexity index is 717.